The Kier molecular flexibility index (Phi) is 3.46. The molecular weight excluding hydrogens is 256 g/mol. The first-order chi connectivity index (χ1) is 7.18. The van der Waals surface area contributed by atoms with Crippen LogP contribution in [-0.4, -0.2) is 16.4 Å². The van der Waals surface area contributed by atoms with Crippen molar-refractivity contribution in [3.63, 3.8) is 0 Å². The van der Waals surface area contributed by atoms with Gasteiger partial charge in [0.1, 0.15) is 6.23 Å². The predicted molar refractivity (Wildman–Crippen MR) is 62.9 cm³/mol. The molecule has 1 aliphatic heterocycles. The molecule has 1 saturated heterocycles. The number of ether oxygens (including phenoxy) is 1. The number of hydrogen-bond acceptors (Lipinski definition) is 2. The second-order valence-corrected chi connectivity index (χ2v) is 5.17. The molecular formula is C11H17BrN2O. The van der Waals surface area contributed by atoms with E-state index in [1.54, 1.807) is 0 Å². The van der Waals surface area contributed by atoms with Crippen LogP contribution in [0.3, 0.4) is 0 Å². The van der Waals surface area contributed by atoms with Gasteiger partial charge in [-0.05, 0) is 41.1 Å². The zero-order valence-electron chi connectivity index (χ0n) is 9.24. The Labute approximate surface area is 98.9 Å². The average molecular weight is 273 g/mol. The van der Waals surface area contributed by atoms with Gasteiger partial charge in [0.15, 0.2) is 0 Å². The van der Waals surface area contributed by atoms with Gasteiger partial charge in [-0.3, -0.25) is 0 Å². The summed E-state index contributed by atoms with van der Waals surface area (Å²) in [4.78, 5) is 0. The summed E-state index contributed by atoms with van der Waals surface area (Å²) >= 11 is 3.55. The first-order valence-electron chi connectivity index (χ1n) is 5.54. The van der Waals surface area contributed by atoms with Crippen molar-refractivity contribution in [3.05, 3.63) is 16.4 Å². The molecule has 0 radical (unpaired) electrons. The van der Waals surface area contributed by atoms with Crippen molar-refractivity contribution in [2.75, 3.05) is 6.61 Å². The third kappa shape index (κ3) is 2.42. The fourth-order valence-corrected chi connectivity index (χ4v) is 2.60. The van der Waals surface area contributed by atoms with E-state index in [0.29, 0.717) is 5.92 Å². The summed E-state index contributed by atoms with van der Waals surface area (Å²) < 4.78 is 8.74. The topological polar surface area (TPSA) is 27.1 Å². The van der Waals surface area contributed by atoms with Gasteiger partial charge in [0.05, 0.1) is 10.2 Å². The maximum Gasteiger partial charge on any atom is 0.150 e. The van der Waals surface area contributed by atoms with Crippen LogP contribution in [0, 0.1) is 0 Å². The quantitative estimate of drug-likeness (QED) is 0.825. The van der Waals surface area contributed by atoms with E-state index < -0.39 is 0 Å². The summed E-state index contributed by atoms with van der Waals surface area (Å²) in [5.41, 5.74) is 1.11. The first-order valence-corrected chi connectivity index (χ1v) is 6.34. The highest BCUT2D eigenvalue weighted by molar-refractivity contribution is 9.10. The minimum atomic E-state index is 0.141. The van der Waals surface area contributed by atoms with Crippen LogP contribution in [0.1, 0.15) is 50.9 Å². The van der Waals surface area contributed by atoms with Crippen LogP contribution in [0.25, 0.3) is 0 Å². The van der Waals surface area contributed by atoms with Gasteiger partial charge in [-0.25, -0.2) is 4.68 Å². The van der Waals surface area contributed by atoms with Crippen LogP contribution in [0.2, 0.25) is 0 Å². The van der Waals surface area contributed by atoms with E-state index in [2.05, 4.69) is 34.9 Å². The molecule has 1 aromatic rings. The van der Waals surface area contributed by atoms with E-state index in [4.69, 9.17) is 4.74 Å². The molecule has 0 aromatic carbocycles. The fraction of sp³-hybridized carbons (Fsp3) is 0.727. The van der Waals surface area contributed by atoms with Crippen molar-refractivity contribution >= 4 is 15.9 Å². The van der Waals surface area contributed by atoms with Crippen LogP contribution in [-0.2, 0) is 4.74 Å². The second-order valence-electron chi connectivity index (χ2n) is 4.32. The summed E-state index contributed by atoms with van der Waals surface area (Å²) in [7, 11) is 0. The average Bonchev–Trinajstić information content (AvgIpc) is 2.62. The number of rotatable bonds is 2. The van der Waals surface area contributed by atoms with Crippen LogP contribution in [0.15, 0.2) is 10.7 Å². The summed E-state index contributed by atoms with van der Waals surface area (Å²) in [6.45, 7) is 5.16. The SMILES string of the molecule is CC(C)c1nn(C2CCCCO2)cc1Br. The lowest BCUT2D eigenvalue weighted by molar-refractivity contribution is -0.0397. The highest BCUT2D eigenvalue weighted by Gasteiger charge is 2.19. The smallest absolute Gasteiger partial charge is 0.150 e. The predicted octanol–water partition coefficient (Wildman–Crippen LogP) is 3.47. The van der Waals surface area contributed by atoms with Crippen molar-refractivity contribution in [1.29, 1.82) is 0 Å². The van der Waals surface area contributed by atoms with Crippen molar-refractivity contribution in [2.45, 2.75) is 45.3 Å². The van der Waals surface area contributed by atoms with Gasteiger partial charge in [-0.15, -0.1) is 0 Å². The van der Waals surface area contributed by atoms with E-state index in [1.165, 1.54) is 12.8 Å². The second kappa shape index (κ2) is 4.66. The molecule has 1 aromatic heterocycles. The Balaban J connectivity index is 2.17. The van der Waals surface area contributed by atoms with E-state index in [0.717, 1.165) is 23.2 Å². The molecule has 0 aliphatic carbocycles. The number of hydrogen-bond donors (Lipinski definition) is 0. The molecule has 2 heterocycles. The Morgan fingerprint density at radius 2 is 2.33 bits per heavy atom. The zero-order valence-corrected chi connectivity index (χ0v) is 10.8. The Morgan fingerprint density at radius 1 is 1.53 bits per heavy atom. The lowest BCUT2D eigenvalue weighted by Crippen LogP contribution is -2.18. The standard InChI is InChI=1S/C11H17BrN2O/c1-8(2)11-9(12)7-14(13-11)10-5-3-4-6-15-10/h7-8,10H,3-6H2,1-2H3. The van der Waals surface area contributed by atoms with Gasteiger partial charge < -0.3 is 4.74 Å². The lowest BCUT2D eigenvalue weighted by atomic mass is 10.1. The number of nitrogens with zero attached hydrogens (tertiary/aromatic N) is 2. The van der Waals surface area contributed by atoms with Crippen molar-refractivity contribution in [1.82, 2.24) is 9.78 Å². The molecule has 0 bridgehead atoms. The molecule has 1 atom stereocenters. The fourth-order valence-electron chi connectivity index (χ4n) is 1.85. The van der Waals surface area contributed by atoms with Gasteiger partial charge in [0.25, 0.3) is 0 Å². The summed E-state index contributed by atoms with van der Waals surface area (Å²) in [6, 6.07) is 0. The maximum atomic E-state index is 5.69. The van der Waals surface area contributed by atoms with Crippen molar-refractivity contribution in [3.8, 4) is 0 Å². The van der Waals surface area contributed by atoms with Crippen LogP contribution >= 0.6 is 15.9 Å². The monoisotopic (exact) mass is 272 g/mol. The van der Waals surface area contributed by atoms with E-state index >= 15 is 0 Å². The van der Waals surface area contributed by atoms with Crippen LogP contribution < -0.4 is 0 Å². The third-order valence-electron chi connectivity index (χ3n) is 2.71. The minimum absolute atomic E-state index is 0.141. The normalized spacial score (nSPS) is 22.3. The first kappa shape index (κ1) is 11.1. The molecule has 1 unspecified atom stereocenters. The Bertz CT molecular complexity index is 329. The van der Waals surface area contributed by atoms with Crippen LogP contribution in [0.4, 0.5) is 0 Å². The van der Waals surface area contributed by atoms with Gasteiger partial charge in [-0.2, -0.15) is 5.10 Å². The van der Waals surface area contributed by atoms with Gasteiger partial charge >= 0.3 is 0 Å². The van der Waals surface area contributed by atoms with E-state index in [1.807, 2.05) is 10.9 Å². The van der Waals surface area contributed by atoms with Crippen LogP contribution in [0.5, 0.6) is 0 Å². The highest BCUT2D eigenvalue weighted by atomic mass is 79.9. The third-order valence-corrected chi connectivity index (χ3v) is 3.32. The van der Waals surface area contributed by atoms with Gasteiger partial charge in [-0.1, -0.05) is 13.8 Å². The highest BCUT2D eigenvalue weighted by Crippen LogP contribution is 2.27. The minimum Gasteiger partial charge on any atom is -0.357 e. The molecule has 0 spiro atoms. The molecule has 0 amide bonds. The molecule has 1 aliphatic rings. The largest absolute Gasteiger partial charge is 0.357 e. The molecule has 15 heavy (non-hydrogen) atoms. The van der Waals surface area contributed by atoms with Gasteiger partial charge in [0, 0.05) is 12.8 Å². The Morgan fingerprint density at radius 3 is 2.87 bits per heavy atom. The zero-order chi connectivity index (χ0) is 10.8. The molecule has 4 heteroatoms. The molecule has 0 saturated carbocycles. The molecule has 1 fully saturated rings. The van der Waals surface area contributed by atoms with E-state index in [9.17, 15) is 0 Å². The summed E-state index contributed by atoms with van der Waals surface area (Å²) in [5.74, 6) is 0.448. The molecule has 84 valence electrons. The maximum absolute atomic E-state index is 5.69. The Hall–Kier alpha value is -0.350. The summed E-state index contributed by atoms with van der Waals surface area (Å²) in [5, 5.41) is 4.58. The van der Waals surface area contributed by atoms with Gasteiger partial charge in [0.2, 0.25) is 0 Å². The summed E-state index contributed by atoms with van der Waals surface area (Å²) in [6.07, 6.45) is 5.66. The van der Waals surface area contributed by atoms with Crippen molar-refractivity contribution < 1.29 is 4.74 Å². The number of halogens is 1. The molecule has 0 N–H and O–H groups in total. The molecule has 2 rings (SSSR count). The molecule has 3 nitrogen and oxygen atoms in total. The van der Waals surface area contributed by atoms with Crippen molar-refractivity contribution in [2.24, 2.45) is 0 Å². The van der Waals surface area contributed by atoms with E-state index in [-0.39, 0.29) is 6.23 Å². The lowest BCUT2D eigenvalue weighted by Gasteiger charge is -2.22. The number of aromatic nitrogens is 2.